The Morgan fingerprint density at radius 3 is 2.14 bits per heavy atom. The van der Waals surface area contributed by atoms with Gasteiger partial charge < -0.3 is 5.11 Å². The molecular weight excluding hydrogens is 203 g/mol. The predicted molar refractivity (Wildman–Crippen MR) is 56.6 cm³/mol. The molecule has 0 heterocycles. The molecule has 1 N–H and O–H groups in total. The third-order valence-corrected chi connectivity index (χ3v) is 2.89. The minimum absolute atomic E-state index is 0.0272. The van der Waals surface area contributed by atoms with Crippen LogP contribution in [0.1, 0.15) is 36.5 Å². The molecule has 0 amide bonds. The summed E-state index contributed by atoms with van der Waals surface area (Å²) in [4.78, 5) is 0. The van der Waals surface area contributed by atoms with Gasteiger partial charge in [-0.15, -0.1) is 0 Å². The fourth-order valence-electron chi connectivity index (χ4n) is 1.64. The van der Waals surface area contributed by atoms with Crippen molar-refractivity contribution < 1.29 is 9.50 Å². The highest BCUT2D eigenvalue weighted by Crippen LogP contribution is 2.38. The summed E-state index contributed by atoms with van der Waals surface area (Å²) in [5.74, 6) is -0.364. The van der Waals surface area contributed by atoms with Crippen LogP contribution in [0.3, 0.4) is 0 Å². The zero-order chi connectivity index (χ0) is 11.0. The van der Waals surface area contributed by atoms with Gasteiger partial charge in [0.05, 0.1) is 5.02 Å². The summed E-state index contributed by atoms with van der Waals surface area (Å²) in [6.07, 6.45) is 0. The van der Waals surface area contributed by atoms with Crippen molar-refractivity contribution >= 4 is 11.6 Å². The van der Waals surface area contributed by atoms with Gasteiger partial charge in [-0.05, 0) is 25.3 Å². The van der Waals surface area contributed by atoms with E-state index < -0.39 is 5.82 Å². The third-order valence-electron chi connectivity index (χ3n) is 2.44. The number of aromatic hydroxyl groups is 1. The van der Waals surface area contributed by atoms with E-state index in [4.69, 9.17) is 11.6 Å². The average Bonchev–Trinajstić information content (AvgIpc) is 2.11. The van der Waals surface area contributed by atoms with Gasteiger partial charge in [-0.25, -0.2) is 4.39 Å². The first-order chi connectivity index (χ1) is 6.37. The van der Waals surface area contributed by atoms with Crippen LogP contribution >= 0.6 is 11.6 Å². The number of benzene rings is 1. The molecule has 0 aliphatic heterocycles. The Labute approximate surface area is 88.5 Å². The Balaban J connectivity index is 3.60. The molecule has 0 spiro atoms. The smallest absolute Gasteiger partial charge is 0.148 e. The van der Waals surface area contributed by atoms with Gasteiger partial charge in [-0.2, -0.15) is 0 Å². The van der Waals surface area contributed by atoms with Crippen molar-refractivity contribution in [2.24, 2.45) is 0 Å². The first-order valence-corrected chi connectivity index (χ1v) is 4.92. The van der Waals surface area contributed by atoms with Crippen LogP contribution < -0.4 is 0 Å². The Bertz CT molecular complexity index is 343. The molecule has 0 radical (unpaired) electrons. The summed E-state index contributed by atoms with van der Waals surface area (Å²) in [7, 11) is 0. The van der Waals surface area contributed by atoms with E-state index in [1.807, 2.05) is 13.8 Å². The van der Waals surface area contributed by atoms with Crippen LogP contribution in [-0.2, 0) is 0 Å². The van der Waals surface area contributed by atoms with Gasteiger partial charge in [-0.3, -0.25) is 0 Å². The van der Waals surface area contributed by atoms with Crippen molar-refractivity contribution in [3.8, 4) is 5.75 Å². The third kappa shape index (κ3) is 1.59. The van der Waals surface area contributed by atoms with Crippen molar-refractivity contribution in [3.63, 3.8) is 0 Å². The minimum Gasteiger partial charge on any atom is -0.507 e. The SMILES string of the molecule is Cc1c(O)c(C(C)C)c(C)c(Cl)c1F. The molecule has 1 aromatic rings. The van der Waals surface area contributed by atoms with Crippen molar-refractivity contribution in [2.75, 3.05) is 0 Å². The molecule has 1 aromatic carbocycles. The van der Waals surface area contributed by atoms with E-state index in [0.29, 0.717) is 5.56 Å². The standard InChI is InChI=1S/C11H14ClFO/c1-5(2)8-6(3)9(12)10(13)7(4)11(8)14/h5,14H,1-4H3. The molecule has 0 aliphatic carbocycles. The lowest BCUT2D eigenvalue weighted by atomic mass is 9.94. The van der Waals surface area contributed by atoms with Crippen LogP contribution in [0.4, 0.5) is 4.39 Å². The predicted octanol–water partition coefficient (Wildman–Crippen LogP) is 3.92. The lowest BCUT2D eigenvalue weighted by Gasteiger charge is -2.16. The summed E-state index contributed by atoms with van der Waals surface area (Å²) >= 11 is 5.82. The Hall–Kier alpha value is -0.760. The monoisotopic (exact) mass is 216 g/mol. The maximum atomic E-state index is 13.4. The first kappa shape index (κ1) is 11.3. The van der Waals surface area contributed by atoms with Crippen molar-refractivity contribution in [2.45, 2.75) is 33.6 Å². The Kier molecular flexibility index (Phi) is 3.05. The lowest BCUT2D eigenvalue weighted by Crippen LogP contribution is -1.99. The molecule has 0 fully saturated rings. The Morgan fingerprint density at radius 1 is 1.21 bits per heavy atom. The topological polar surface area (TPSA) is 20.2 Å². The van der Waals surface area contributed by atoms with Gasteiger partial charge in [0.2, 0.25) is 0 Å². The quantitative estimate of drug-likeness (QED) is 0.754. The van der Waals surface area contributed by atoms with Gasteiger partial charge in [0, 0.05) is 11.1 Å². The maximum Gasteiger partial charge on any atom is 0.148 e. The Morgan fingerprint density at radius 2 is 1.71 bits per heavy atom. The molecule has 1 rings (SSSR count). The highest BCUT2D eigenvalue weighted by atomic mass is 35.5. The first-order valence-electron chi connectivity index (χ1n) is 4.54. The minimum atomic E-state index is -0.522. The van der Waals surface area contributed by atoms with Gasteiger partial charge in [0.1, 0.15) is 11.6 Å². The molecule has 3 heteroatoms. The van der Waals surface area contributed by atoms with Crippen LogP contribution in [0.2, 0.25) is 5.02 Å². The summed E-state index contributed by atoms with van der Waals surface area (Å²) in [5, 5.41) is 9.87. The van der Waals surface area contributed by atoms with E-state index >= 15 is 0 Å². The fraction of sp³-hybridized carbons (Fsp3) is 0.455. The summed E-state index contributed by atoms with van der Waals surface area (Å²) in [5.41, 5.74) is 1.58. The van der Waals surface area contributed by atoms with Crippen molar-refractivity contribution in [3.05, 3.63) is 27.5 Å². The largest absolute Gasteiger partial charge is 0.507 e. The van der Waals surface area contributed by atoms with Crippen LogP contribution in [0.25, 0.3) is 0 Å². The summed E-state index contributed by atoms with van der Waals surface area (Å²) < 4.78 is 13.4. The fourth-order valence-corrected chi connectivity index (χ4v) is 1.88. The van der Waals surface area contributed by atoms with Gasteiger partial charge in [0.15, 0.2) is 0 Å². The molecule has 0 aromatic heterocycles. The zero-order valence-electron chi connectivity index (χ0n) is 8.78. The van der Waals surface area contributed by atoms with E-state index in [1.165, 1.54) is 6.92 Å². The van der Waals surface area contributed by atoms with E-state index in [2.05, 4.69) is 0 Å². The second kappa shape index (κ2) is 3.77. The van der Waals surface area contributed by atoms with Crippen molar-refractivity contribution in [1.29, 1.82) is 0 Å². The second-order valence-electron chi connectivity index (χ2n) is 3.79. The molecule has 0 aliphatic rings. The number of hydrogen-bond acceptors (Lipinski definition) is 1. The number of phenols is 1. The summed E-state index contributed by atoms with van der Waals surface area (Å²) in [6, 6.07) is 0. The van der Waals surface area contributed by atoms with E-state index in [9.17, 15) is 9.50 Å². The molecular formula is C11H14ClFO. The van der Waals surface area contributed by atoms with Crippen LogP contribution in [0.5, 0.6) is 5.75 Å². The second-order valence-corrected chi connectivity index (χ2v) is 4.17. The lowest BCUT2D eigenvalue weighted by molar-refractivity contribution is 0.451. The van der Waals surface area contributed by atoms with Crippen molar-refractivity contribution in [1.82, 2.24) is 0 Å². The molecule has 0 saturated carbocycles. The average molecular weight is 217 g/mol. The van der Waals surface area contributed by atoms with E-state index in [0.717, 1.165) is 5.56 Å². The van der Waals surface area contributed by atoms with Gasteiger partial charge in [-0.1, -0.05) is 25.4 Å². The highest BCUT2D eigenvalue weighted by Gasteiger charge is 2.19. The van der Waals surface area contributed by atoms with Crippen LogP contribution in [-0.4, -0.2) is 5.11 Å². The zero-order valence-corrected chi connectivity index (χ0v) is 9.54. The normalized spacial score (nSPS) is 11.1. The molecule has 0 saturated heterocycles. The van der Waals surface area contributed by atoms with E-state index in [-0.39, 0.29) is 22.3 Å². The summed E-state index contributed by atoms with van der Waals surface area (Å²) in [6.45, 7) is 7.13. The molecule has 0 atom stereocenters. The molecule has 78 valence electrons. The number of halogens is 2. The number of hydrogen-bond donors (Lipinski definition) is 1. The van der Waals surface area contributed by atoms with Gasteiger partial charge >= 0.3 is 0 Å². The van der Waals surface area contributed by atoms with E-state index in [1.54, 1.807) is 6.92 Å². The molecule has 14 heavy (non-hydrogen) atoms. The molecule has 1 nitrogen and oxygen atoms in total. The van der Waals surface area contributed by atoms with Crippen LogP contribution in [0, 0.1) is 19.7 Å². The highest BCUT2D eigenvalue weighted by molar-refractivity contribution is 6.31. The number of phenolic OH excluding ortho intramolecular Hbond substituents is 1. The number of rotatable bonds is 1. The molecule has 0 unspecified atom stereocenters. The molecule has 0 bridgehead atoms. The maximum absolute atomic E-state index is 13.4. The van der Waals surface area contributed by atoms with Crippen LogP contribution in [0.15, 0.2) is 0 Å². The van der Waals surface area contributed by atoms with Gasteiger partial charge in [0.25, 0.3) is 0 Å².